The SMILES string of the molecule is Cc1cnc(N[C@@H](CCN(CCCCc2ccc3c(n2)NCCC3)CCOc2cncc(F)c2)C(=O)O)nc1. The van der Waals surface area contributed by atoms with Crippen molar-refractivity contribution in [3.8, 4) is 5.75 Å². The Bertz CT molecular complexity index is 1210. The zero-order valence-electron chi connectivity index (χ0n) is 22.3. The van der Waals surface area contributed by atoms with Gasteiger partial charge in [0.2, 0.25) is 5.95 Å². The van der Waals surface area contributed by atoms with E-state index >= 15 is 0 Å². The molecule has 1 aliphatic heterocycles. The number of fused-ring (bicyclic) bond motifs is 1. The zero-order chi connectivity index (χ0) is 27.5. The minimum atomic E-state index is -0.965. The van der Waals surface area contributed by atoms with Gasteiger partial charge in [-0.1, -0.05) is 6.07 Å². The summed E-state index contributed by atoms with van der Waals surface area (Å²) < 4.78 is 19.1. The molecular formula is C28H36FN7O3. The first-order valence-corrected chi connectivity index (χ1v) is 13.4. The normalized spacial score (nSPS) is 13.4. The topological polar surface area (TPSA) is 125 Å². The Morgan fingerprint density at radius 1 is 1.18 bits per heavy atom. The molecule has 3 N–H and O–H groups in total. The van der Waals surface area contributed by atoms with Crippen LogP contribution in [0, 0.1) is 12.7 Å². The van der Waals surface area contributed by atoms with E-state index < -0.39 is 17.8 Å². The van der Waals surface area contributed by atoms with Crippen LogP contribution in [0.5, 0.6) is 5.75 Å². The minimum Gasteiger partial charge on any atom is -0.491 e. The van der Waals surface area contributed by atoms with Crippen LogP contribution in [-0.2, 0) is 17.6 Å². The molecule has 39 heavy (non-hydrogen) atoms. The number of nitrogens with zero attached hydrogens (tertiary/aromatic N) is 5. The van der Waals surface area contributed by atoms with Crippen molar-refractivity contribution in [2.24, 2.45) is 0 Å². The molecule has 1 aliphatic rings. The van der Waals surface area contributed by atoms with E-state index in [1.165, 1.54) is 17.8 Å². The fraction of sp³-hybridized carbons (Fsp3) is 0.464. The molecule has 0 amide bonds. The van der Waals surface area contributed by atoms with Crippen LogP contribution in [0.25, 0.3) is 0 Å². The summed E-state index contributed by atoms with van der Waals surface area (Å²) in [6.45, 7) is 5.02. The Morgan fingerprint density at radius 2 is 2.03 bits per heavy atom. The minimum absolute atomic E-state index is 0.286. The third kappa shape index (κ3) is 9.13. The molecule has 0 bridgehead atoms. The summed E-state index contributed by atoms with van der Waals surface area (Å²) in [4.78, 5) is 31.0. The molecule has 0 fully saturated rings. The lowest BCUT2D eigenvalue weighted by atomic mass is 10.1. The maximum Gasteiger partial charge on any atom is 0.326 e. The second-order valence-corrected chi connectivity index (χ2v) is 9.73. The first-order valence-electron chi connectivity index (χ1n) is 13.4. The molecule has 0 saturated carbocycles. The third-order valence-electron chi connectivity index (χ3n) is 6.58. The van der Waals surface area contributed by atoms with E-state index in [2.05, 4.69) is 42.6 Å². The molecule has 3 aromatic heterocycles. The second-order valence-electron chi connectivity index (χ2n) is 9.73. The molecule has 0 aromatic carbocycles. The van der Waals surface area contributed by atoms with Crippen molar-refractivity contribution < 1.29 is 19.0 Å². The molecule has 3 aromatic rings. The summed E-state index contributed by atoms with van der Waals surface area (Å²) in [5.41, 5.74) is 3.25. The summed E-state index contributed by atoms with van der Waals surface area (Å²) in [6.07, 6.45) is 11.2. The van der Waals surface area contributed by atoms with Crippen molar-refractivity contribution >= 4 is 17.7 Å². The first kappa shape index (κ1) is 28.2. The number of nitrogens with one attached hydrogen (secondary N) is 2. The highest BCUT2D eigenvalue weighted by Gasteiger charge is 2.20. The second kappa shape index (κ2) is 14.3. The Morgan fingerprint density at radius 3 is 2.82 bits per heavy atom. The number of rotatable bonds is 15. The van der Waals surface area contributed by atoms with Crippen LogP contribution in [0.4, 0.5) is 16.2 Å². The van der Waals surface area contributed by atoms with Crippen LogP contribution in [0.1, 0.15) is 42.5 Å². The largest absolute Gasteiger partial charge is 0.491 e. The van der Waals surface area contributed by atoms with E-state index in [0.717, 1.165) is 68.5 Å². The number of unbranched alkanes of at least 4 members (excludes halogenated alkanes) is 1. The van der Waals surface area contributed by atoms with Crippen LogP contribution in [0.15, 0.2) is 43.0 Å². The van der Waals surface area contributed by atoms with Crippen molar-refractivity contribution in [3.63, 3.8) is 0 Å². The summed E-state index contributed by atoms with van der Waals surface area (Å²) in [6, 6.07) is 4.74. The molecule has 1 atom stereocenters. The Kier molecular flexibility index (Phi) is 10.4. The molecule has 0 aliphatic carbocycles. The molecule has 11 heteroatoms. The van der Waals surface area contributed by atoms with Crippen LogP contribution in [0.2, 0.25) is 0 Å². The van der Waals surface area contributed by atoms with E-state index in [-0.39, 0.29) is 5.95 Å². The van der Waals surface area contributed by atoms with Gasteiger partial charge in [0.15, 0.2) is 0 Å². The quantitative estimate of drug-likeness (QED) is 0.247. The first-order chi connectivity index (χ1) is 19.0. The molecular weight excluding hydrogens is 501 g/mol. The lowest BCUT2D eigenvalue weighted by molar-refractivity contribution is -0.138. The van der Waals surface area contributed by atoms with Gasteiger partial charge in [0.25, 0.3) is 0 Å². The molecule has 0 spiro atoms. The Labute approximate surface area is 228 Å². The molecule has 10 nitrogen and oxygen atoms in total. The number of anilines is 2. The number of carboxylic acid groups (broad SMARTS) is 1. The van der Waals surface area contributed by atoms with E-state index in [0.29, 0.717) is 31.9 Å². The number of carbonyl (C=O) groups is 1. The van der Waals surface area contributed by atoms with Crippen LogP contribution in [-0.4, -0.2) is 74.7 Å². The molecule has 4 rings (SSSR count). The van der Waals surface area contributed by atoms with Gasteiger partial charge in [0.1, 0.15) is 30.0 Å². The lowest BCUT2D eigenvalue weighted by Crippen LogP contribution is -2.37. The highest BCUT2D eigenvalue weighted by atomic mass is 19.1. The van der Waals surface area contributed by atoms with Gasteiger partial charge in [-0.25, -0.2) is 24.1 Å². The van der Waals surface area contributed by atoms with Crippen LogP contribution < -0.4 is 15.4 Å². The van der Waals surface area contributed by atoms with Crippen LogP contribution in [0.3, 0.4) is 0 Å². The number of aryl methyl sites for hydroxylation is 3. The van der Waals surface area contributed by atoms with Crippen molar-refractivity contribution in [1.82, 2.24) is 24.8 Å². The number of aromatic nitrogens is 4. The Hall–Kier alpha value is -3.86. The highest BCUT2D eigenvalue weighted by Crippen LogP contribution is 2.20. The van der Waals surface area contributed by atoms with Gasteiger partial charge in [0, 0.05) is 43.8 Å². The van der Waals surface area contributed by atoms with Crippen molar-refractivity contribution in [1.29, 1.82) is 0 Å². The molecule has 208 valence electrons. The average Bonchev–Trinajstić information content (AvgIpc) is 2.93. The molecule has 4 heterocycles. The predicted octanol–water partition coefficient (Wildman–Crippen LogP) is 3.73. The smallest absolute Gasteiger partial charge is 0.326 e. The van der Waals surface area contributed by atoms with Gasteiger partial charge in [-0.2, -0.15) is 0 Å². The van der Waals surface area contributed by atoms with Gasteiger partial charge < -0.3 is 20.5 Å². The zero-order valence-corrected chi connectivity index (χ0v) is 22.3. The monoisotopic (exact) mass is 537 g/mol. The summed E-state index contributed by atoms with van der Waals surface area (Å²) in [7, 11) is 0. The molecule has 0 saturated heterocycles. The summed E-state index contributed by atoms with van der Waals surface area (Å²) >= 11 is 0. The van der Waals surface area contributed by atoms with Crippen molar-refractivity contribution in [3.05, 3.63) is 65.6 Å². The fourth-order valence-electron chi connectivity index (χ4n) is 4.44. The third-order valence-corrected chi connectivity index (χ3v) is 6.58. The van der Waals surface area contributed by atoms with Gasteiger partial charge in [-0.05, 0) is 69.2 Å². The van der Waals surface area contributed by atoms with Gasteiger partial charge in [-0.15, -0.1) is 0 Å². The standard InChI is InChI=1S/C28H36FN7O3/c1-20-16-32-28(33-17-20)35-25(27(37)38)9-12-36(13-14-39-24-15-22(29)18-30-19-24)11-3-2-6-23-8-7-21-5-4-10-31-26(21)34-23/h7-8,15-19,25H,2-6,9-14H2,1H3,(H,31,34)(H,37,38)(H,32,33,35)/t25-/m0/s1. The van der Waals surface area contributed by atoms with Crippen molar-refractivity contribution in [2.75, 3.05) is 43.4 Å². The molecule has 0 radical (unpaired) electrons. The number of ether oxygens (including phenoxy) is 1. The fourth-order valence-corrected chi connectivity index (χ4v) is 4.44. The Balaban J connectivity index is 1.30. The summed E-state index contributed by atoms with van der Waals surface area (Å²) in [5, 5.41) is 16.1. The highest BCUT2D eigenvalue weighted by molar-refractivity contribution is 5.76. The molecule has 0 unspecified atom stereocenters. The average molecular weight is 538 g/mol. The van der Waals surface area contributed by atoms with Gasteiger partial charge in [0.05, 0.1) is 12.4 Å². The number of halogens is 1. The van der Waals surface area contributed by atoms with E-state index in [4.69, 9.17) is 9.72 Å². The number of carboxylic acids is 1. The maximum absolute atomic E-state index is 13.4. The number of aliphatic carboxylic acids is 1. The van der Waals surface area contributed by atoms with E-state index in [1.807, 2.05) is 6.92 Å². The number of hydrogen-bond donors (Lipinski definition) is 3. The number of pyridine rings is 2. The van der Waals surface area contributed by atoms with Gasteiger partial charge >= 0.3 is 5.97 Å². The lowest BCUT2D eigenvalue weighted by Gasteiger charge is -2.24. The maximum atomic E-state index is 13.4. The van der Waals surface area contributed by atoms with Crippen molar-refractivity contribution in [2.45, 2.75) is 51.5 Å². The summed E-state index contributed by atoms with van der Waals surface area (Å²) in [5.74, 6) is 0.239. The van der Waals surface area contributed by atoms with E-state index in [1.54, 1.807) is 12.4 Å². The number of hydrogen-bond acceptors (Lipinski definition) is 9. The van der Waals surface area contributed by atoms with E-state index in [9.17, 15) is 14.3 Å². The van der Waals surface area contributed by atoms with Crippen LogP contribution >= 0.6 is 0 Å². The van der Waals surface area contributed by atoms with Gasteiger partial charge in [-0.3, -0.25) is 9.88 Å². The predicted molar refractivity (Wildman–Crippen MR) is 147 cm³/mol.